The fourth-order valence-corrected chi connectivity index (χ4v) is 2.15. The highest BCUT2D eigenvalue weighted by molar-refractivity contribution is 9.09. The van der Waals surface area contributed by atoms with Crippen LogP contribution in [0, 0.1) is 5.92 Å². The van der Waals surface area contributed by atoms with Gasteiger partial charge in [-0.1, -0.05) is 29.3 Å². The normalized spacial score (nSPS) is 14.4. The van der Waals surface area contributed by atoms with Crippen molar-refractivity contribution in [1.82, 2.24) is 4.90 Å². The van der Waals surface area contributed by atoms with E-state index in [1.165, 1.54) is 4.90 Å². The van der Waals surface area contributed by atoms with Crippen LogP contribution in [0.25, 0.3) is 0 Å². The van der Waals surface area contributed by atoms with Crippen LogP contribution in [0.3, 0.4) is 0 Å². The van der Waals surface area contributed by atoms with Gasteiger partial charge in [-0.2, -0.15) is 13.2 Å². The van der Waals surface area contributed by atoms with Gasteiger partial charge in [0, 0.05) is 18.4 Å². The topological polar surface area (TPSA) is 23.5 Å². The predicted octanol–water partition coefficient (Wildman–Crippen LogP) is 2.65. The summed E-state index contributed by atoms with van der Waals surface area (Å²) in [6.45, 7) is 1.28. The highest BCUT2D eigenvalue weighted by Crippen LogP contribution is 2.19. The van der Waals surface area contributed by atoms with Crippen molar-refractivity contribution in [1.29, 1.82) is 0 Å². The average Bonchev–Trinajstić information content (AvgIpc) is 2.15. The van der Waals surface area contributed by atoms with Crippen molar-refractivity contribution in [3.63, 3.8) is 0 Å². The highest BCUT2D eigenvalue weighted by Gasteiger charge is 2.31. The van der Waals surface area contributed by atoms with Crippen molar-refractivity contribution < 1.29 is 18.3 Å². The average molecular weight is 306 g/mol. The first kappa shape index (κ1) is 16.2. The lowest BCUT2D eigenvalue weighted by molar-refractivity contribution is -0.147. The molecule has 0 aliphatic rings. The monoisotopic (exact) mass is 305 g/mol. The molecular formula is C10H19BrF3NO. The molecule has 6 heteroatoms. The Hall–Kier alpha value is 0.190. The lowest BCUT2D eigenvalue weighted by Crippen LogP contribution is -2.39. The van der Waals surface area contributed by atoms with Crippen LogP contribution >= 0.6 is 15.9 Å². The van der Waals surface area contributed by atoms with E-state index in [4.69, 9.17) is 5.11 Å². The molecule has 0 bridgehead atoms. The van der Waals surface area contributed by atoms with Gasteiger partial charge in [-0.05, 0) is 12.3 Å². The van der Waals surface area contributed by atoms with Gasteiger partial charge in [-0.15, -0.1) is 0 Å². The Labute approximate surface area is 103 Å². The van der Waals surface area contributed by atoms with Crippen LogP contribution in [0.4, 0.5) is 13.2 Å². The second-order valence-electron chi connectivity index (χ2n) is 3.88. The van der Waals surface area contributed by atoms with E-state index in [0.29, 0.717) is 11.9 Å². The summed E-state index contributed by atoms with van der Waals surface area (Å²) >= 11 is 3.31. The van der Waals surface area contributed by atoms with Gasteiger partial charge in [-0.3, -0.25) is 4.90 Å². The third-order valence-electron chi connectivity index (χ3n) is 2.25. The SMILES string of the molecule is CCCC(CBr)CN(CCO)CC(F)(F)F. The van der Waals surface area contributed by atoms with Crippen LogP contribution in [-0.4, -0.2) is 47.8 Å². The first-order chi connectivity index (χ1) is 7.42. The molecule has 2 nitrogen and oxygen atoms in total. The molecule has 0 heterocycles. The molecule has 98 valence electrons. The van der Waals surface area contributed by atoms with E-state index >= 15 is 0 Å². The van der Waals surface area contributed by atoms with Crippen LogP contribution in [0.2, 0.25) is 0 Å². The molecule has 0 spiro atoms. The number of rotatable bonds is 8. The number of hydrogen-bond acceptors (Lipinski definition) is 2. The van der Waals surface area contributed by atoms with E-state index in [1.807, 2.05) is 6.92 Å². The number of alkyl halides is 4. The van der Waals surface area contributed by atoms with Gasteiger partial charge in [-0.25, -0.2) is 0 Å². The minimum Gasteiger partial charge on any atom is -0.395 e. The maximum absolute atomic E-state index is 12.2. The van der Waals surface area contributed by atoms with E-state index in [0.717, 1.165) is 12.8 Å². The van der Waals surface area contributed by atoms with Crippen LogP contribution in [0.5, 0.6) is 0 Å². The van der Waals surface area contributed by atoms with Gasteiger partial charge in [0.2, 0.25) is 0 Å². The zero-order chi connectivity index (χ0) is 12.6. The third kappa shape index (κ3) is 8.35. The predicted molar refractivity (Wildman–Crippen MR) is 61.8 cm³/mol. The molecule has 0 radical (unpaired) electrons. The fourth-order valence-electron chi connectivity index (χ4n) is 1.62. The van der Waals surface area contributed by atoms with Crippen molar-refractivity contribution in [3.05, 3.63) is 0 Å². The summed E-state index contributed by atoms with van der Waals surface area (Å²) in [5.41, 5.74) is 0. The third-order valence-corrected chi connectivity index (χ3v) is 3.17. The number of aliphatic hydroxyl groups excluding tert-OH is 1. The van der Waals surface area contributed by atoms with Crippen molar-refractivity contribution in [3.8, 4) is 0 Å². The second kappa shape index (κ2) is 8.31. The number of hydrogen-bond donors (Lipinski definition) is 1. The van der Waals surface area contributed by atoms with E-state index in [9.17, 15) is 13.2 Å². The molecule has 0 saturated carbocycles. The number of nitrogens with zero attached hydrogens (tertiary/aromatic N) is 1. The molecule has 0 aromatic carbocycles. The molecule has 1 N–H and O–H groups in total. The molecule has 0 rings (SSSR count). The Balaban J connectivity index is 4.19. The van der Waals surface area contributed by atoms with Gasteiger partial charge < -0.3 is 5.11 Å². The van der Waals surface area contributed by atoms with E-state index in [1.54, 1.807) is 0 Å². The van der Waals surface area contributed by atoms with Crippen LogP contribution in [0.15, 0.2) is 0 Å². The van der Waals surface area contributed by atoms with E-state index in [2.05, 4.69) is 15.9 Å². The number of halogens is 4. The molecule has 0 fully saturated rings. The first-order valence-electron chi connectivity index (χ1n) is 5.38. The minimum absolute atomic E-state index is 0.0761. The molecule has 1 unspecified atom stereocenters. The molecule has 1 atom stereocenters. The maximum atomic E-state index is 12.2. The van der Waals surface area contributed by atoms with Crippen LogP contribution in [-0.2, 0) is 0 Å². The van der Waals surface area contributed by atoms with Crippen LogP contribution in [0.1, 0.15) is 19.8 Å². The molecule has 0 aliphatic heterocycles. The number of aliphatic hydroxyl groups is 1. The molecule has 0 aromatic heterocycles. The molecule has 0 aliphatic carbocycles. The zero-order valence-electron chi connectivity index (χ0n) is 9.43. The molecule has 0 aromatic rings. The molecule has 0 saturated heterocycles. The summed E-state index contributed by atoms with van der Waals surface area (Å²) in [6.07, 6.45) is -2.35. The zero-order valence-corrected chi connectivity index (χ0v) is 11.0. The quantitative estimate of drug-likeness (QED) is 0.697. The highest BCUT2D eigenvalue weighted by atomic mass is 79.9. The van der Waals surface area contributed by atoms with E-state index < -0.39 is 12.7 Å². The second-order valence-corrected chi connectivity index (χ2v) is 4.53. The van der Waals surface area contributed by atoms with Crippen LogP contribution < -0.4 is 0 Å². The Morgan fingerprint density at radius 3 is 2.38 bits per heavy atom. The Morgan fingerprint density at radius 2 is 2.00 bits per heavy atom. The maximum Gasteiger partial charge on any atom is 0.401 e. The molecule has 0 amide bonds. The van der Waals surface area contributed by atoms with Gasteiger partial charge >= 0.3 is 6.18 Å². The summed E-state index contributed by atoms with van der Waals surface area (Å²) in [6, 6.07) is 0. The van der Waals surface area contributed by atoms with E-state index in [-0.39, 0.29) is 19.1 Å². The standard InChI is InChI=1S/C10H19BrF3NO/c1-2-3-9(6-11)7-15(4-5-16)8-10(12,13)14/h9,16H,2-8H2,1H3. The Morgan fingerprint density at radius 1 is 1.38 bits per heavy atom. The summed E-state index contributed by atoms with van der Waals surface area (Å²) < 4.78 is 36.7. The van der Waals surface area contributed by atoms with Crippen molar-refractivity contribution in [2.45, 2.75) is 25.9 Å². The summed E-state index contributed by atoms with van der Waals surface area (Å²) in [5, 5.41) is 9.42. The summed E-state index contributed by atoms with van der Waals surface area (Å²) in [7, 11) is 0. The van der Waals surface area contributed by atoms with Crippen molar-refractivity contribution in [2.75, 3.05) is 31.6 Å². The largest absolute Gasteiger partial charge is 0.401 e. The van der Waals surface area contributed by atoms with Crippen molar-refractivity contribution >= 4 is 15.9 Å². The fraction of sp³-hybridized carbons (Fsp3) is 1.00. The summed E-state index contributed by atoms with van der Waals surface area (Å²) in [4.78, 5) is 1.27. The van der Waals surface area contributed by atoms with Crippen molar-refractivity contribution in [2.24, 2.45) is 5.92 Å². The Kier molecular flexibility index (Phi) is 8.40. The summed E-state index contributed by atoms with van der Waals surface area (Å²) in [5.74, 6) is 0.207. The minimum atomic E-state index is -4.20. The van der Waals surface area contributed by atoms with Gasteiger partial charge in [0.1, 0.15) is 0 Å². The van der Waals surface area contributed by atoms with Gasteiger partial charge in [0.15, 0.2) is 0 Å². The smallest absolute Gasteiger partial charge is 0.395 e. The lowest BCUT2D eigenvalue weighted by atomic mass is 10.1. The lowest BCUT2D eigenvalue weighted by Gasteiger charge is -2.26. The van der Waals surface area contributed by atoms with Gasteiger partial charge in [0.05, 0.1) is 13.2 Å². The first-order valence-corrected chi connectivity index (χ1v) is 6.51. The Bertz CT molecular complexity index is 178. The molecular weight excluding hydrogens is 287 g/mol. The molecule has 16 heavy (non-hydrogen) atoms. The van der Waals surface area contributed by atoms with Gasteiger partial charge in [0.25, 0.3) is 0 Å².